The first-order chi connectivity index (χ1) is 2.41. The van der Waals surface area contributed by atoms with Gasteiger partial charge in [0.25, 0.3) is 0 Å². The largest absolute Gasteiger partial charge is 0 e. The fourth-order valence-corrected chi connectivity index (χ4v) is 0. The van der Waals surface area contributed by atoms with Gasteiger partial charge in [0.2, 0.25) is 0 Å². The molecule has 0 amide bonds. The van der Waals surface area contributed by atoms with Gasteiger partial charge in [0.05, 0.1) is 0 Å². The summed E-state index contributed by atoms with van der Waals surface area (Å²) in [6.07, 6.45) is 0.250. The second kappa shape index (κ2) is 298000. The van der Waals surface area contributed by atoms with Crippen LogP contribution in [-0.4, -0.2) is 11.6 Å². The average molecular weight is 236 g/mol. The zero-order chi connectivity index (χ0) is 4.71. The van der Waals surface area contributed by atoms with Crippen molar-refractivity contribution in [3.05, 3.63) is 6.65 Å². The van der Waals surface area contributed by atoms with Gasteiger partial charge < -0.3 is 5.48 Å². The first-order valence-corrected chi connectivity index (χ1v) is 0.612. The van der Waals surface area contributed by atoms with Crippen molar-refractivity contribution >= 4 is 6.15 Å². The fourth-order valence-electron chi connectivity index (χ4n) is 0. The van der Waals surface area contributed by atoms with E-state index in [0.717, 1.165) is 0 Å². The summed E-state index contributed by atoms with van der Waals surface area (Å²) in [5.41, 5.74) is 0. The molecule has 0 fully saturated rings. The Balaban J connectivity index is -0.000000000614. The minimum absolute atomic E-state index is 0. The molecule has 0 aromatic carbocycles. The molecule has 0 saturated heterocycles. The number of carbonyl (C=O) groups excluding carboxylic acids is 2. The van der Waals surface area contributed by atoms with Crippen molar-refractivity contribution in [3.63, 3.8) is 0 Å². The van der Waals surface area contributed by atoms with Crippen molar-refractivity contribution in [3.8, 4) is 0 Å². The van der Waals surface area contributed by atoms with Gasteiger partial charge in [0.15, 0.2) is 0 Å². The van der Waals surface area contributed by atoms with Crippen molar-refractivity contribution in [2.75, 3.05) is 0 Å². The van der Waals surface area contributed by atoms with Crippen molar-refractivity contribution in [2.45, 2.75) is 66.8 Å². The van der Waals surface area contributed by atoms with Gasteiger partial charge in [-0.3, -0.25) is 0 Å². The van der Waals surface area contributed by atoms with Crippen LogP contribution in [0.15, 0.2) is 0 Å². The molecule has 2 N–H and O–H groups in total. The molecule has 0 aromatic rings. The topological polar surface area (TPSA) is 85.5 Å². The molecular formula is C11H40O4. The van der Waals surface area contributed by atoms with E-state index < -0.39 is 0 Å². The van der Waals surface area contributed by atoms with Gasteiger partial charge >= 0.3 is 17.5 Å². The first-order valence-electron chi connectivity index (χ1n) is 0.612. The van der Waals surface area contributed by atoms with Gasteiger partial charge in [0.1, 0.15) is 0 Å². The maximum absolute atomic E-state index is 8.12. The molecule has 0 rings (SSSR count). The molecule has 0 aliphatic carbocycles. The SMILES string of the molecule is C.C.C.C.C.C.C.C.C.O.O=C=O.[C-]#[O+].[HH]. The summed E-state index contributed by atoms with van der Waals surface area (Å²) in [5, 5.41) is 0. The predicted molar refractivity (Wildman–Crippen MR) is 75.2 cm³/mol. The van der Waals surface area contributed by atoms with Crippen LogP contribution >= 0.6 is 0 Å². The van der Waals surface area contributed by atoms with Crippen LogP contribution in [-0.2, 0) is 14.2 Å². The van der Waals surface area contributed by atoms with Crippen molar-refractivity contribution in [1.82, 2.24) is 0 Å². The van der Waals surface area contributed by atoms with Crippen LogP contribution < -0.4 is 0 Å². The zero-order valence-corrected chi connectivity index (χ0v) is 2.72. The summed E-state index contributed by atoms with van der Waals surface area (Å²) in [5.74, 6) is 0. The van der Waals surface area contributed by atoms with Gasteiger partial charge in [-0.05, 0) is 0 Å². The predicted octanol–water partition coefficient (Wildman–Crippen LogP) is 4.53. The summed E-state index contributed by atoms with van der Waals surface area (Å²) < 4.78 is 7.50. The Morgan fingerprint density at radius 3 is 0.667 bits per heavy atom. The van der Waals surface area contributed by atoms with Crippen LogP contribution in [0.25, 0.3) is 0 Å². The molecule has 4 heteroatoms. The molecule has 0 aromatic heterocycles. The van der Waals surface area contributed by atoms with Crippen LogP contribution in [0.5, 0.6) is 0 Å². The third-order valence-electron chi connectivity index (χ3n) is 0. The number of rotatable bonds is 0. The average Bonchev–Trinajstić information content (AvgIpc) is 1.46. The minimum atomic E-state index is 0. The third-order valence-corrected chi connectivity index (χ3v) is 0. The molecule has 108 valence electrons. The number of hydrogen-bond donors (Lipinski definition) is 0. The molecule has 0 spiro atoms. The van der Waals surface area contributed by atoms with Gasteiger partial charge in [-0.25, -0.2) is 0 Å². The molecule has 0 atom stereocenters. The smallest absolute Gasteiger partial charge is 0 e. The monoisotopic (exact) mass is 236 g/mol. The van der Waals surface area contributed by atoms with Crippen LogP contribution in [0.4, 0.5) is 0 Å². The van der Waals surface area contributed by atoms with Crippen LogP contribution in [0.1, 0.15) is 68.3 Å². The molecule has 0 radical (unpaired) electrons. The minimum Gasteiger partial charge on any atom is 0 e. The van der Waals surface area contributed by atoms with Crippen LogP contribution in [0, 0.1) is 6.65 Å². The molecular weight excluding hydrogens is 196 g/mol. The molecule has 4 nitrogen and oxygen atoms in total. The molecule has 0 bridgehead atoms. The van der Waals surface area contributed by atoms with E-state index in [1.54, 1.807) is 0 Å². The molecule has 0 heterocycles. The Bertz CT molecular complexity index is 60.3. The molecule has 15 heavy (non-hydrogen) atoms. The van der Waals surface area contributed by atoms with E-state index in [-0.39, 0.29) is 79.9 Å². The van der Waals surface area contributed by atoms with Gasteiger partial charge in [-0.15, -0.1) is 0 Å². The normalized spacial score (nSPS) is 0.667. The number of hydrogen-bond acceptors (Lipinski definition) is 2. The maximum atomic E-state index is 8.12. The van der Waals surface area contributed by atoms with Crippen LogP contribution in [0.2, 0.25) is 0 Å². The molecule has 0 aliphatic heterocycles. The Hall–Kier alpha value is -0.920. The van der Waals surface area contributed by atoms with Gasteiger partial charge in [0, 0.05) is 1.43 Å². The first kappa shape index (κ1) is 557. The van der Waals surface area contributed by atoms with E-state index in [2.05, 4.69) is 6.65 Å². The Labute approximate surface area is 102 Å². The molecule has 0 aliphatic rings. The van der Waals surface area contributed by atoms with E-state index in [9.17, 15) is 0 Å². The third kappa shape index (κ3) is 1900. The van der Waals surface area contributed by atoms with E-state index in [4.69, 9.17) is 14.2 Å². The standard InChI is InChI=1S/CO2.CO.9CH4.H2O.H2/c2-1-3;1-2;;;;;;;;;;;/h;;9*1H4;1H2;1H. The summed E-state index contributed by atoms with van der Waals surface area (Å²) >= 11 is 0. The van der Waals surface area contributed by atoms with E-state index in [0.29, 0.717) is 0 Å². The summed E-state index contributed by atoms with van der Waals surface area (Å²) in [6.45, 7) is 4.50. The maximum Gasteiger partial charge on any atom is 0 e. The molecule has 0 saturated carbocycles. The second-order valence-corrected chi connectivity index (χ2v) is 0.0833. The Kier molecular flexibility index (Phi) is 11100000. The van der Waals surface area contributed by atoms with E-state index >= 15 is 0 Å². The second-order valence-electron chi connectivity index (χ2n) is 0.0833. The summed E-state index contributed by atoms with van der Waals surface area (Å²) in [6, 6.07) is 0. The van der Waals surface area contributed by atoms with E-state index in [1.165, 1.54) is 0 Å². The fraction of sp³-hybridized carbons (Fsp3) is 0.818. The van der Waals surface area contributed by atoms with Gasteiger partial charge in [-0.2, -0.15) is 9.59 Å². The summed E-state index contributed by atoms with van der Waals surface area (Å²) in [7, 11) is 0. The van der Waals surface area contributed by atoms with Gasteiger partial charge in [-0.1, -0.05) is 66.8 Å². The van der Waals surface area contributed by atoms with Crippen LogP contribution in [0.3, 0.4) is 0 Å². The Morgan fingerprint density at radius 1 is 0.667 bits per heavy atom. The van der Waals surface area contributed by atoms with Crippen molar-refractivity contribution in [2.24, 2.45) is 0 Å². The van der Waals surface area contributed by atoms with Crippen molar-refractivity contribution in [1.29, 1.82) is 0 Å². The zero-order valence-electron chi connectivity index (χ0n) is 2.72. The summed E-state index contributed by atoms with van der Waals surface area (Å²) in [4.78, 5) is 16.2. The van der Waals surface area contributed by atoms with Crippen molar-refractivity contribution < 1.29 is 21.1 Å². The Morgan fingerprint density at radius 2 is 0.667 bits per heavy atom. The quantitative estimate of drug-likeness (QED) is 0.457. The molecule has 0 unspecified atom stereocenters. The van der Waals surface area contributed by atoms with E-state index in [1.807, 2.05) is 0 Å².